The van der Waals surface area contributed by atoms with E-state index in [0.717, 1.165) is 22.7 Å². The van der Waals surface area contributed by atoms with E-state index in [1.165, 1.54) is 109 Å². The van der Waals surface area contributed by atoms with Crippen LogP contribution in [0, 0.1) is 0 Å². The summed E-state index contributed by atoms with van der Waals surface area (Å²) in [5, 5.41) is 2.54. The Morgan fingerprint density at radius 3 is 1.51 bits per heavy atom. The van der Waals surface area contributed by atoms with Gasteiger partial charge in [-0.05, 0) is 145 Å². The first kappa shape index (κ1) is 43.8. The molecule has 2 heterocycles. The fraction of sp³-hybridized carbons (Fsp3) is 0.0270. The van der Waals surface area contributed by atoms with Gasteiger partial charge < -0.3 is 9.80 Å². The van der Waals surface area contributed by atoms with Gasteiger partial charge in [0.15, 0.2) is 0 Å². The van der Waals surface area contributed by atoms with Crippen LogP contribution in [0.2, 0.25) is 0 Å². The number of hydrogen-bond donors (Lipinski definition) is 0. The third-order valence-electron chi connectivity index (χ3n) is 16.9. The number of fused-ring (bicyclic) bond motifs is 11. The van der Waals surface area contributed by atoms with Gasteiger partial charge in [-0.3, -0.25) is 0 Å². The highest BCUT2D eigenvalue weighted by Gasteiger charge is 2.54. The summed E-state index contributed by atoms with van der Waals surface area (Å²) < 4.78 is 2.57. The van der Waals surface area contributed by atoms with E-state index in [1.54, 1.807) is 0 Å². The van der Waals surface area contributed by atoms with E-state index >= 15 is 0 Å². The van der Waals surface area contributed by atoms with Crippen molar-refractivity contribution in [2.45, 2.75) is 10.8 Å². The Kier molecular flexibility index (Phi) is 9.67. The summed E-state index contributed by atoms with van der Waals surface area (Å²) in [6.07, 6.45) is 0. The quantitative estimate of drug-likeness (QED) is 0.150. The minimum absolute atomic E-state index is 0.568. The fourth-order valence-electron chi connectivity index (χ4n) is 13.9. The molecule has 0 bridgehead atoms. The van der Waals surface area contributed by atoms with Gasteiger partial charge in [0.25, 0.3) is 0 Å². The summed E-state index contributed by atoms with van der Waals surface area (Å²) in [5.41, 5.74) is 23.2. The van der Waals surface area contributed by atoms with E-state index in [9.17, 15) is 0 Å². The number of anilines is 6. The van der Waals surface area contributed by atoms with Crippen LogP contribution >= 0.6 is 11.3 Å². The van der Waals surface area contributed by atoms with Gasteiger partial charge in [0.05, 0.1) is 22.2 Å². The lowest BCUT2D eigenvalue weighted by Crippen LogP contribution is -2.36. The molecule has 0 spiro atoms. The predicted octanol–water partition coefficient (Wildman–Crippen LogP) is 19.7. The molecular weight excluding hydrogens is 949 g/mol. The summed E-state index contributed by atoms with van der Waals surface area (Å²) in [7, 11) is 0. The second kappa shape index (κ2) is 17.0. The first-order valence-corrected chi connectivity index (χ1v) is 27.5. The molecule has 0 N–H and O–H groups in total. The Morgan fingerprint density at radius 1 is 0.312 bits per heavy atom. The zero-order chi connectivity index (χ0) is 50.7. The van der Waals surface area contributed by atoms with Crippen LogP contribution in [0.3, 0.4) is 0 Å². The Morgan fingerprint density at radius 2 is 0.805 bits per heavy atom. The van der Waals surface area contributed by atoms with E-state index < -0.39 is 10.8 Å². The lowest BCUT2D eigenvalue weighted by atomic mass is 9.64. The highest BCUT2D eigenvalue weighted by atomic mass is 32.1. The van der Waals surface area contributed by atoms with Crippen molar-refractivity contribution >= 4 is 65.6 Å². The topological polar surface area (TPSA) is 6.48 Å². The molecule has 12 aromatic carbocycles. The second-order valence-corrected chi connectivity index (χ2v) is 21.7. The predicted molar refractivity (Wildman–Crippen MR) is 322 cm³/mol. The minimum atomic E-state index is -0.682. The highest BCUT2D eigenvalue weighted by molar-refractivity contribution is 7.25. The number of rotatable bonds is 8. The molecule has 0 radical (unpaired) electrons. The second-order valence-electron chi connectivity index (χ2n) is 20.7. The molecule has 0 fully saturated rings. The summed E-state index contributed by atoms with van der Waals surface area (Å²) in [6, 6.07) is 109. The molecule has 2 aliphatic carbocycles. The smallest absolute Gasteiger partial charge is 0.0755 e. The highest BCUT2D eigenvalue weighted by Crippen LogP contribution is 2.67. The van der Waals surface area contributed by atoms with Gasteiger partial charge in [-0.2, -0.15) is 0 Å². The molecule has 1 atom stereocenters. The standard InChI is InChI=1S/C74H48N2S/c1-6-22-49(23-7-1)57-43-44-68-72-71(57)61-42-39-56(48-66(61)74(72,52-28-12-4-13-29-52)64-35-19-20-36-67(64)76(68)53-30-14-5-15-31-53)75(54-40-45-70-62(46-54)60-33-17-21-37-69(60)77-70)55-38-41-59-58-32-16-18-34-63(58)73(65(59)47-55,50-24-8-2-9-25-50)51-26-10-3-11-27-51/h1-48H. The third-order valence-corrected chi connectivity index (χ3v) is 18.1. The SMILES string of the molecule is c1ccc(-c2ccc3c4c2-c2ccc(N(c5ccc6c(c5)C(c5ccccc5)(c5ccccc5)c5ccccc5-6)c5ccc6sc7ccccc7c6c5)cc2C4(c2ccccc2)c2ccccc2N3c2ccccc2)cc1. The summed E-state index contributed by atoms with van der Waals surface area (Å²) in [6.45, 7) is 0. The van der Waals surface area contributed by atoms with Gasteiger partial charge in [-0.15, -0.1) is 11.3 Å². The first-order chi connectivity index (χ1) is 38.2. The lowest BCUT2D eigenvalue weighted by Gasteiger charge is -2.45. The van der Waals surface area contributed by atoms with E-state index in [4.69, 9.17) is 0 Å². The summed E-state index contributed by atoms with van der Waals surface area (Å²) in [5.74, 6) is 0. The largest absolute Gasteiger partial charge is 0.310 e. The van der Waals surface area contributed by atoms with Crippen LogP contribution in [0.1, 0.15) is 44.5 Å². The van der Waals surface area contributed by atoms with Crippen molar-refractivity contribution in [3.63, 3.8) is 0 Å². The molecule has 1 aromatic heterocycles. The Bertz CT molecular complexity index is 4410. The molecule has 3 aliphatic rings. The maximum atomic E-state index is 2.55. The molecule has 0 saturated heterocycles. The average Bonchev–Trinajstić information content (AvgIpc) is 4.21. The normalized spacial score (nSPS) is 15.1. The van der Waals surface area contributed by atoms with Gasteiger partial charge in [0, 0.05) is 48.5 Å². The number of nitrogens with zero attached hydrogens (tertiary/aromatic N) is 2. The van der Waals surface area contributed by atoms with Crippen LogP contribution in [0.25, 0.3) is 53.6 Å². The van der Waals surface area contributed by atoms with Gasteiger partial charge in [0.1, 0.15) is 0 Å². The number of para-hydroxylation sites is 2. The van der Waals surface area contributed by atoms with Gasteiger partial charge in [-0.25, -0.2) is 0 Å². The van der Waals surface area contributed by atoms with Crippen molar-refractivity contribution < 1.29 is 0 Å². The van der Waals surface area contributed by atoms with E-state index in [1.807, 2.05) is 11.3 Å². The molecule has 3 heteroatoms. The molecule has 2 nitrogen and oxygen atoms in total. The Hall–Kier alpha value is -9.54. The number of benzene rings is 12. The van der Waals surface area contributed by atoms with Gasteiger partial charge in [0.2, 0.25) is 0 Å². The van der Waals surface area contributed by atoms with Crippen LogP contribution in [-0.2, 0) is 10.8 Å². The maximum absolute atomic E-state index is 2.55. The van der Waals surface area contributed by atoms with Crippen LogP contribution in [0.5, 0.6) is 0 Å². The zero-order valence-corrected chi connectivity index (χ0v) is 42.8. The van der Waals surface area contributed by atoms with Crippen LogP contribution in [-0.4, -0.2) is 0 Å². The number of hydrogen-bond acceptors (Lipinski definition) is 3. The van der Waals surface area contributed by atoms with Crippen LogP contribution in [0.4, 0.5) is 34.1 Å². The maximum Gasteiger partial charge on any atom is 0.0755 e. The van der Waals surface area contributed by atoms with Crippen molar-refractivity contribution in [1.82, 2.24) is 0 Å². The van der Waals surface area contributed by atoms with Crippen molar-refractivity contribution in [3.05, 3.63) is 336 Å². The van der Waals surface area contributed by atoms with E-state index in [2.05, 4.69) is 301 Å². The molecule has 77 heavy (non-hydrogen) atoms. The van der Waals surface area contributed by atoms with Crippen molar-refractivity contribution in [2.24, 2.45) is 0 Å². The van der Waals surface area contributed by atoms with Gasteiger partial charge >= 0.3 is 0 Å². The fourth-order valence-corrected chi connectivity index (χ4v) is 15.0. The molecule has 16 rings (SSSR count). The number of thiophene rings is 1. The van der Waals surface area contributed by atoms with Gasteiger partial charge in [-0.1, -0.05) is 218 Å². The minimum Gasteiger partial charge on any atom is -0.310 e. The lowest BCUT2D eigenvalue weighted by molar-refractivity contribution is 0.753. The van der Waals surface area contributed by atoms with Crippen LogP contribution < -0.4 is 9.80 Å². The first-order valence-electron chi connectivity index (χ1n) is 26.7. The van der Waals surface area contributed by atoms with Crippen molar-refractivity contribution in [1.29, 1.82) is 0 Å². The average molecular weight is 997 g/mol. The molecule has 360 valence electrons. The molecule has 0 saturated carbocycles. The Labute approximate surface area is 452 Å². The summed E-state index contributed by atoms with van der Waals surface area (Å²) >= 11 is 1.86. The molecule has 13 aromatic rings. The molecule has 1 aliphatic heterocycles. The third kappa shape index (κ3) is 6.18. The van der Waals surface area contributed by atoms with Crippen molar-refractivity contribution in [3.8, 4) is 33.4 Å². The molecular formula is C74H48N2S. The zero-order valence-electron chi connectivity index (χ0n) is 42.0. The van der Waals surface area contributed by atoms with E-state index in [0.29, 0.717) is 0 Å². The summed E-state index contributed by atoms with van der Waals surface area (Å²) in [4.78, 5) is 5.04. The monoisotopic (exact) mass is 996 g/mol. The van der Waals surface area contributed by atoms with E-state index in [-0.39, 0.29) is 0 Å². The van der Waals surface area contributed by atoms with Crippen molar-refractivity contribution in [2.75, 3.05) is 9.80 Å². The van der Waals surface area contributed by atoms with Crippen LogP contribution in [0.15, 0.2) is 291 Å². The molecule has 0 amide bonds. The molecule has 1 unspecified atom stereocenters. The Balaban J connectivity index is 1.01.